The Bertz CT molecular complexity index is 3550. The molecule has 11 aromatic rings. The van der Waals surface area contributed by atoms with Crippen molar-refractivity contribution in [3.63, 3.8) is 0 Å². The third-order valence-electron chi connectivity index (χ3n) is 13.3. The maximum atomic E-state index is 6.56. The van der Waals surface area contributed by atoms with E-state index in [-0.39, 0.29) is 0 Å². The molecule has 2 heteroatoms. The summed E-state index contributed by atoms with van der Waals surface area (Å²) in [4.78, 5) is 2.43. The van der Waals surface area contributed by atoms with E-state index in [2.05, 4.69) is 223 Å². The van der Waals surface area contributed by atoms with Crippen molar-refractivity contribution in [2.75, 3.05) is 4.90 Å². The molecule has 1 unspecified atom stereocenters. The predicted molar refractivity (Wildman–Crippen MR) is 253 cm³/mol. The Hall–Kier alpha value is -7.94. The number of fused-ring (bicyclic) bond motifs is 12. The molecule has 0 N–H and O–H groups in total. The molecular weight excluding hydrogens is 739 g/mol. The van der Waals surface area contributed by atoms with Gasteiger partial charge in [0, 0.05) is 33.8 Å². The van der Waals surface area contributed by atoms with Crippen LogP contribution in [0.1, 0.15) is 22.3 Å². The molecule has 0 amide bonds. The number of rotatable bonds is 5. The molecule has 61 heavy (non-hydrogen) atoms. The number of para-hydroxylation sites is 2. The lowest BCUT2D eigenvalue weighted by molar-refractivity contribution is 0.669. The highest BCUT2D eigenvalue weighted by Gasteiger charge is 2.50. The zero-order valence-electron chi connectivity index (χ0n) is 33.2. The molecule has 0 radical (unpaired) electrons. The largest absolute Gasteiger partial charge is 0.456 e. The molecule has 1 spiro atoms. The fourth-order valence-electron chi connectivity index (χ4n) is 10.8. The van der Waals surface area contributed by atoms with Gasteiger partial charge in [-0.1, -0.05) is 182 Å². The van der Waals surface area contributed by atoms with Crippen LogP contribution in [0.2, 0.25) is 0 Å². The quantitative estimate of drug-likeness (QED) is 0.173. The molecule has 1 atom stereocenters. The molecule has 0 fully saturated rings. The van der Waals surface area contributed by atoms with Crippen molar-refractivity contribution >= 4 is 49.8 Å². The second-order valence-corrected chi connectivity index (χ2v) is 16.3. The number of hydrogen-bond donors (Lipinski definition) is 0. The van der Waals surface area contributed by atoms with Gasteiger partial charge in [0.05, 0.1) is 11.1 Å². The number of anilines is 3. The van der Waals surface area contributed by atoms with Crippen LogP contribution in [0.3, 0.4) is 0 Å². The normalized spacial score (nSPS) is 14.6. The summed E-state index contributed by atoms with van der Waals surface area (Å²) in [6, 6.07) is 82.4. The van der Waals surface area contributed by atoms with Gasteiger partial charge in [-0.2, -0.15) is 0 Å². The smallest absolute Gasteiger partial charge is 0.137 e. The fraction of sp³-hybridized carbons (Fsp3) is 0.0169. The molecule has 0 saturated carbocycles. The highest BCUT2D eigenvalue weighted by atomic mass is 16.3. The third-order valence-corrected chi connectivity index (χ3v) is 13.3. The van der Waals surface area contributed by atoms with Gasteiger partial charge in [0.2, 0.25) is 0 Å². The lowest BCUT2D eigenvalue weighted by Gasteiger charge is -2.40. The van der Waals surface area contributed by atoms with E-state index in [1.165, 1.54) is 66.4 Å². The minimum Gasteiger partial charge on any atom is -0.456 e. The van der Waals surface area contributed by atoms with Crippen LogP contribution in [-0.4, -0.2) is 0 Å². The summed E-state index contributed by atoms with van der Waals surface area (Å²) in [6.07, 6.45) is 0. The molecule has 0 aliphatic heterocycles. The second kappa shape index (κ2) is 13.0. The topological polar surface area (TPSA) is 16.4 Å². The molecule has 2 aliphatic rings. The Morgan fingerprint density at radius 2 is 0.836 bits per heavy atom. The lowest BCUT2D eigenvalue weighted by Crippen LogP contribution is -2.32. The van der Waals surface area contributed by atoms with Crippen LogP contribution in [0.4, 0.5) is 17.1 Å². The zero-order chi connectivity index (χ0) is 40.1. The van der Waals surface area contributed by atoms with Gasteiger partial charge in [0.25, 0.3) is 0 Å². The highest BCUT2D eigenvalue weighted by Crippen LogP contribution is 2.63. The average molecular weight is 776 g/mol. The number of hydrogen-bond acceptors (Lipinski definition) is 2. The first-order chi connectivity index (χ1) is 30.3. The SMILES string of the molecule is c1ccc(-c2ccccc2N(c2ccc3c(c2)C2(c4ccccc4-3)c3ccccc3-c3ccc(-c4ccccc4)c4cccc2c34)c2ccc3c(c2)oc2ccccc23)cc1. The summed E-state index contributed by atoms with van der Waals surface area (Å²) in [5.41, 5.74) is 19.5. The van der Waals surface area contributed by atoms with E-state index in [0.717, 1.165) is 50.1 Å². The van der Waals surface area contributed by atoms with Crippen molar-refractivity contribution in [2.24, 2.45) is 0 Å². The van der Waals surface area contributed by atoms with Crippen molar-refractivity contribution < 1.29 is 4.42 Å². The Kier molecular flexibility index (Phi) is 7.26. The fourth-order valence-corrected chi connectivity index (χ4v) is 10.8. The molecule has 2 nitrogen and oxygen atoms in total. The van der Waals surface area contributed by atoms with Crippen molar-refractivity contribution in [1.82, 2.24) is 0 Å². The van der Waals surface area contributed by atoms with Crippen LogP contribution in [0.15, 0.2) is 229 Å². The van der Waals surface area contributed by atoms with E-state index in [4.69, 9.17) is 4.42 Å². The summed E-state index contributed by atoms with van der Waals surface area (Å²) < 4.78 is 6.56. The Morgan fingerprint density at radius 1 is 0.311 bits per heavy atom. The van der Waals surface area contributed by atoms with Crippen LogP contribution in [0.5, 0.6) is 0 Å². The first-order valence-corrected chi connectivity index (χ1v) is 21.1. The summed E-state index contributed by atoms with van der Waals surface area (Å²) in [5, 5.41) is 4.82. The minimum absolute atomic E-state index is 0.576. The van der Waals surface area contributed by atoms with Gasteiger partial charge in [0.1, 0.15) is 11.2 Å². The highest BCUT2D eigenvalue weighted by molar-refractivity contribution is 6.12. The molecule has 284 valence electrons. The number of furan rings is 1. The lowest BCUT2D eigenvalue weighted by atomic mass is 9.61. The Labute approximate surface area is 354 Å². The van der Waals surface area contributed by atoms with E-state index in [1.807, 2.05) is 6.07 Å². The average Bonchev–Trinajstić information content (AvgIpc) is 3.84. The van der Waals surface area contributed by atoms with Gasteiger partial charge in [-0.3, -0.25) is 0 Å². The molecule has 1 aromatic heterocycles. The number of benzene rings is 10. The van der Waals surface area contributed by atoms with E-state index >= 15 is 0 Å². The van der Waals surface area contributed by atoms with Gasteiger partial charge in [-0.05, 0) is 108 Å². The van der Waals surface area contributed by atoms with E-state index in [1.54, 1.807) is 0 Å². The molecular formula is C59H37NO. The van der Waals surface area contributed by atoms with Gasteiger partial charge in [-0.15, -0.1) is 0 Å². The first-order valence-electron chi connectivity index (χ1n) is 21.1. The van der Waals surface area contributed by atoms with E-state index < -0.39 is 5.41 Å². The first kappa shape index (κ1) is 34.0. The van der Waals surface area contributed by atoms with Gasteiger partial charge < -0.3 is 9.32 Å². The zero-order valence-corrected chi connectivity index (χ0v) is 33.2. The Balaban J connectivity index is 1.12. The van der Waals surface area contributed by atoms with Crippen LogP contribution in [0.25, 0.3) is 77.2 Å². The standard InChI is InChI=1S/C59H37NO/c1-3-16-38(17-4-1)42-34-35-50-45-22-8-12-26-52(45)59(53-27-15-24-49(42)58(50)53)51-25-11-7-21-44(51)46-32-30-40(36-54(46)59)60(55-28-13-9-20-43(55)39-18-5-2-6-19-39)41-31-33-48-47-23-10-14-29-56(47)61-57(48)37-41/h1-37H. The van der Waals surface area contributed by atoms with Gasteiger partial charge in [0.15, 0.2) is 0 Å². The third kappa shape index (κ3) is 4.79. The molecule has 13 rings (SSSR count). The number of nitrogens with zero attached hydrogens (tertiary/aromatic N) is 1. The maximum Gasteiger partial charge on any atom is 0.137 e. The molecule has 0 bridgehead atoms. The summed E-state index contributed by atoms with van der Waals surface area (Å²) in [7, 11) is 0. The van der Waals surface area contributed by atoms with E-state index in [9.17, 15) is 0 Å². The van der Waals surface area contributed by atoms with Crippen molar-refractivity contribution in [3.05, 3.63) is 247 Å². The molecule has 0 saturated heterocycles. The molecule has 10 aromatic carbocycles. The van der Waals surface area contributed by atoms with Crippen LogP contribution < -0.4 is 4.90 Å². The maximum absolute atomic E-state index is 6.56. The van der Waals surface area contributed by atoms with Crippen molar-refractivity contribution in [3.8, 4) is 44.5 Å². The van der Waals surface area contributed by atoms with Gasteiger partial charge >= 0.3 is 0 Å². The summed E-state index contributed by atoms with van der Waals surface area (Å²) >= 11 is 0. The van der Waals surface area contributed by atoms with Crippen LogP contribution in [-0.2, 0) is 5.41 Å². The monoisotopic (exact) mass is 775 g/mol. The molecule has 2 aliphatic carbocycles. The molecule has 1 heterocycles. The second-order valence-electron chi connectivity index (χ2n) is 16.3. The van der Waals surface area contributed by atoms with Gasteiger partial charge in [-0.25, -0.2) is 0 Å². The van der Waals surface area contributed by atoms with Crippen LogP contribution in [0, 0.1) is 0 Å². The summed E-state index contributed by atoms with van der Waals surface area (Å²) in [6.45, 7) is 0. The van der Waals surface area contributed by atoms with E-state index in [0.29, 0.717) is 0 Å². The minimum atomic E-state index is -0.576. The van der Waals surface area contributed by atoms with Crippen molar-refractivity contribution in [2.45, 2.75) is 5.41 Å². The predicted octanol–water partition coefficient (Wildman–Crippen LogP) is 15.9. The summed E-state index contributed by atoms with van der Waals surface area (Å²) in [5.74, 6) is 0. The van der Waals surface area contributed by atoms with Crippen molar-refractivity contribution in [1.29, 1.82) is 0 Å². The van der Waals surface area contributed by atoms with Crippen LogP contribution >= 0.6 is 0 Å². The Morgan fingerprint density at radius 3 is 1.62 bits per heavy atom.